The van der Waals surface area contributed by atoms with Gasteiger partial charge in [0, 0.05) is 31.7 Å². The Morgan fingerprint density at radius 2 is 2.35 bits per heavy atom. The topological polar surface area (TPSA) is 97.9 Å². The third-order valence-electron chi connectivity index (χ3n) is 2.68. The van der Waals surface area contributed by atoms with E-state index in [2.05, 4.69) is 20.7 Å². The van der Waals surface area contributed by atoms with Crippen molar-refractivity contribution in [2.45, 2.75) is 13.0 Å². The second-order valence-electron chi connectivity index (χ2n) is 4.11. The van der Waals surface area contributed by atoms with Crippen LogP contribution in [0.3, 0.4) is 0 Å². The number of amides is 1. The zero-order valence-corrected chi connectivity index (χ0v) is 11.5. The van der Waals surface area contributed by atoms with E-state index in [4.69, 9.17) is 17.4 Å². The number of rotatable bonds is 6. The minimum atomic E-state index is -0.214. The van der Waals surface area contributed by atoms with Crippen molar-refractivity contribution >= 4 is 23.3 Å². The lowest BCUT2D eigenvalue weighted by Crippen LogP contribution is -2.25. The van der Waals surface area contributed by atoms with Crippen LogP contribution in [0.2, 0.25) is 5.02 Å². The number of carbonyl (C=O) groups excluding carboxylic acids is 1. The van der Waals surface area contributed by atoms with Gasteiger partial charge in [-0.15, -0.1) is 0 Å². The van der Waals surface area contributed by atoms with Crippen LogP contribution in [0.1, 0.15) is 16.8 Å². The number of nitrogens with one attached hydrogen (secondary N) is 2. The van der Waals surface area contributed by atoms with Crippen molar-refractivity contribution in [3.05, 3.63) is 41.6 Å². The van der Waals surface area contributed by atoms with Gasteiger partial charge in [-0.3, -0.25) is 4.79 Å². The second kappa shape index (κ2) is 6.88. The molecular formula is C12H15ClN6O. The maximum Gasteiger partial charge on any atom is 0.252 e. The summed E-state index contributed by atoms with van der Waals surface area (Å²) in [6, 6.07) is 1.52. The van der Waals surface area contributed by atoms with Gasteiger partial charge in [0.05, 0.1) is 16.9 Å². The first-order chi connectivity index (χ1) is 9.70. The lowest BCUT2D eigenvalue weighted by Gasteiger charge is -2.07. The number of hydrazine groups is 1. The largest absolute Gasteiger partial charge is 0.352 e. The van der Waals surface area contributed by atoms with Crippen LogP contribution in [0.25, 0.3) is 0 Å². The molecule has 20 heavy (non-hydrogen) atoms. The molecule has 106 valence electrons. The molecule has 0 atom stereocenters. The smallest absolute Gasteiger partial charge is 0.252 e. The molecule has 2 rings (SSSR count). The van der Waals surface area contributed by atoms with Crippen molar-refractivity contribution < 1.29 is 4.79 Å². The van der Waals surface area contributed by atoms with E-state index in [1.807, 2.05) is 10.8 Å². The zero-order valence-electron chi connectivity index (χ0n) is 10.7. The van der Waals surface area contributed by atoms with Crippen molar-refractivity contribution in [2.24, 2.45) is 5.84 Å². The number of nitrogens with zero attached hydrogens (tertiary/aromatic N) is 3. The monoisotopic (exact) mass is 294 g/mol. The van der Waals surface area contributed by atoms with E-state index in [9.17, 15) is 4.79 Å². The second-order valence-corrected chi connectivity index (χ2v) is 4.52. The average molecular weight is 295 g/mol. The minimum Gasteiger partial charge on any atom is -0.352 e. The lowest BCUT2D eigenvalue weighted by atomic mass is 10.2. The lowest BCUT2D eigenvalue weighted by molar-refractivity contribution is 0.0952. The Balaban J connectivity index is 1.81. The summed E-state index contributed by atoms with van der Waals surface area (Å²) in [6.45, 7) is 1.36. The molecule has 0 aliphatic heterocycles. The van der Waals surface area contributed by atoms with Crippen LogP contribution in [-0.4, -0.2) is 27.0 Å². The van der Waals surface area contributed by atoms with E-state index in [-0.39, 0.29) is 5.91 Å². The number of imidazole rings is 1. The molecule has 0 aromatic carbocycles. The van der Waals surface area contributed by atoms with Gasteiger partial charge in [-0.2, -0.15) is 0 Å². The SMILES string of the molecule is NNc1ncc(C(=O)NCCCn2ccnc2)cc1Cl. The van der Waals surface area contributed by atoms with Crippen molar-refractivity contribution in [1.29, 1.82) is 0 Å². The molecule has 0 fully saturated rings. The van der Waals surface area contributed by atoms with Gasteiger partial charge in [0.2, 0.25) is 0 Å². The molecule has 0 aliphatic carbocycles. The number of anilines is 1. The molecular weight excluding hydrogens is 280 g/mol. The molecule has 8 heteroatoms. The third kappa shape index (κ3) is 3.69. The fourth-order valence-electron chi connectivity index (χ4n) is 1.65. The maximum absolute atomic E-state index is 11.9. The van der Waals surface area contributed by atoms with Crippen molar-refractivity contribution in [2.75, 3.05) is 12.0 Å². The van der Waals surface area contributed by atoms with E-state index < -0.39 is 0 Å². The van der Waals surface area contributed by atoms with Crippen LogP contribution in [0, 0.1) is 0 Å². The molecule has 0 saturated carbocycles. The number of nitrogen functional groups attached to an aromatic ring is 1. The highest BCUT2D eigenvalue weighted by Gasteiger charge is 2.08. The van der Waals surface area contributed by atoms with Crippen LogP contribution in [-0.2, 0) is 6.54 Å². The van der Waals surface area contributed by atoms with Gasteiger partial charge in [-0.1, -0.05) is 11.6 Å². The number of hydrogen-bond acceptors (Lipinski definition) is 5. The molecule has 1 amide bonds. The molecule has 0 bridgehead atoms. The molecule has 0 saturated heterocycles. The molecule has 7 nitrogen and oxygen atoms in total. The number of aromatic nitrogens is 3. The Morgan fingerprint density at radius 1 is 1.50 bits per heavy atom. The predicted octanol–water partition coefficient (Wildman–Crippen LogP) is 1.04. The Kier molecular flexibility index (Phi) is 4.91. The van der Waals surface area contributed by atoms with Gasteiger partial charge in [0.1, 0.15) is 0 Å². The standard InChI is InChI=1S/C12H15ClN6O/c13-10-6-9(7-17-11(10)18-14)12(20)16-2-1-4-19-5-3-15-8-19/h3,5-8H,1-2,4,14H2,(H,16,20)(H,17,18). The van der Waals surface area contributed by atoms with Gasteiger partial charge >= 0.3 is 0 Å². The van der Waals surface area contributed by atoms with Gasteiger partial charge in [0.25, 0.3) is 5.91 Å². The molecule has 2 heterocycles. The summed E-state index contributed by atoms with van der Waals surface area (Å²) < 4.78 is 1.95. The number of hydrogen-bond donors (Lipinski definition) is 3. The van der Waals surface area contributed by atoms with Crippen molar-refractivity contribution in [3.8, 4) is 0 Å². The Labute approximate surface area is 121 Å². The van der Waals surface area contributed by atoms with Gasteiger partial charge in [-0.05, 0) is 12.5 Å². The summed E-state index contributed by atoms with van der Waals surface area (Å²) >= 11 is 5.91. The van der Waals surface area contributed by atoms with Crippen LogP contribution in [0.4, 0.5) is 5.82 Å². The van der Waals surface area contributed by atoms with Crippen LogP contribution in [0.5, 0.6) is 0 Å². The zero-order chi connectivity index (χ0) is 14.4. The normalized spacial score (nSPS) is 10.3. The Morgan fingerprint density at radius 3 is 3.00 bits per heavy atom. The van der Waals surface area contributed by atoms with Crippen LogP contribution >= 0.6 is 11.6 Å². The number of nitrogens with two attached hydrogens (primary N) is 1. The molecule has 0 aliphatic rings. The maximum atomic E-state index is 11.9. The van der Waals surface area contributed by atoms with E-state index in [0.29, 0.717) is 22.9 Å². The fraction of sp³-hybridized carbons (Fsp3) is 0.250. The Bertz CT molecular complexity index is 571. The number of halogens is 1. The van der Waals surface area contributed by atoms with Gasteiger partial charge in [0.15, 0.2) is 5.82 Å². The summed E-state index contributed by atoms with van der Waals surface area (Å²) in [5.74, 6) is 5.34. The van der Waals surface area contributed by atoms with Crippen molar-refractivity contribution in [1.82, 2.24) is 19.9 Å². The van der Waals surface area contributed by atoms with E-state index in [0.717, 1.165) is 13.0 Å². The first-order valence-corrected chi connectivity index (χ1v) is 6.44. The van der Waals surface area contributed by atoms with E-state index in [1.54, 1.807) is 12.5 Å². The quantitative estimate of drug-likeness (QED) is 0.420. The summed E-state index contributed by atoms with van der Waals surface area (Å²) in [6.07, 6.45) is 7.57. The molecule has 2 aromatic rings. The Hall–Kier alpha value is -2.12. The van der Waals surface area contributed by atoms with Gasteiger partial charge < -0.3 is 15.3 Å². The van der Waals surface area contributed by atoms with Gasteiger partial charge in [-0.25, -0.2) is 15.8 Å². The molecule has 0 unspecified atom stereocenters. The molecule has 0 radical (unpaired) electrons. The highest BCUT2D eigenvalue weighted by molar-refractivity contribution is 6.33. The first kappa shape index (κ1) is 14.3. The van der Waals surface area contributed by atoms with Crippen LogP contribution in [0.15, 0.2) is 31.0 Å². The van der Waals surface area contributed by atoms with Crippen LogP contribution < -0.4 is 16.6 Å². The summed E-state index contributed by atoms with van der Waals surface area (Å²) in [4.78, 5) is 19.8. The summed E-state index contributed by atoms with van der Waals surface area (Å²) in [7, 11) is 0. The predicted molar refractivity (Wildman–Crippen MR) is 76.2 cm³/mol. The third-order valence-corrected chi connectivity index (χ3v) is 2.97. The number of carbonyl (C=O) groups is 1. The summed E-state index contributed by atoms with van der Waals surface area (Å²) in [5.41, 5.74) is 2.75. The molecule has 0 spiro atoms. The first-order valence-electron chi connectivity index (χ1n) is 6.07. The fourth-order valence-corrected chi connectivity index (χ4v) is 1.87. The average Bonchev–Trinajstić information content (AvgIpc) is 2.96. The van der Waals surface area contributed by atoms with Crippen molar-refractivity contribution in [3.63, 3.8) is 0 Å². The van der Waals surface area contributed by atoms with E-state index >= 15 is 0 Å². The molecule has 2 aromatic heterocycles. The number of aryl methyl sites for hydroxylation is 1. The molecule has 4 N–H and O–H groups in total. The minimum absolute atomic E-state index is 0.214. The highest BCUT2D eigenvalue weighted by atomic mass is 35.5. The highest BCUT2D eigenvalue weighted by Crippen LogP contribution is 2.18. The van der Waals surface area contributed by atoms with E-state index in [1.165, 1.54) is 12.3 Å². The summed E-state index contributed by atoms with van der Waals surface area (Å²) in [5, 5.41) is 3.11. The number of pyridine rings is 1.